The van der Waals surface area contributed by atoms with E-state index in [2.05, 4.69) is 47.1 Å². The first kappa shape index (κ1) is 30.8. The number of amides is 2. The predicted molar refractivity (Wildman–Crippen MR) is 177 cm³/mol. The lowest BCUT2D eigenvalue weighted by Gasteiger charge is -2.36. The average Bonchev–Trinajstić information content (AvgIpc) is 3.20. The Morgan fingerprint density at radius 3 is 2.23 bits per heavy atom. The summed E-state index contributed by atoms with van der Waals surface area (Å²) in [6, 6.07) is 33.8. The third-order valence-electron chi connectivity index (χ3n) is 8.53. The molecule has 2 amide bonds. The van der Waals surface area contributed by atoms with Gasteiger partial charge in [-0.3, -0.25) is 15.0 Å². The number of hydrogen-bond acceptors (Lipinski definition) is 4. The zero-order valence-corrected chi connectivity index (χ0v) is 25.2. The van der Waals surface area contributed by atoms with Crippen LogP contribution in [0.5, 0.6) is 0 Å². The minimum Gasteiger partial charge on any atom is -0.370 e. The van der Waals surface area contributed by atoms with Crippen LogP contribution in [-0.2, 0) is 4.79 Å². The van der Waals surface area contributed by atoms with Gasteiger partial charge < -0.3 is 26.6 Å². The molecule has 0 saturated carbocycles. The molecule has 3 atom stereocenters. The smallest absolute Gasteiger partial charge is 0.251 e. The van der Waals surface area contributed by atoms with Gasteiger partial charge in [-0.05, 0) is 60.2 Å². The van der Waals surface area contributed by atoms with Crippen molar-refractivity contribution in [3.8, 4) is 0 Å². The molecule has 0 spiro atoms. The van der Waals surface area contributed by atoms with Crippen LogP contribution in [0.15, 0.2) is 103 Å². The quantitative estimate of drug-likeness (QED) is 0.0992. The summed E-state index contributed by atoms with van der Waals surface area (Å²) in [5.74, 6) is -0.150. The molecule has 1 fully saturated rings. The minimum atomic E-state index is -0.427. The van der Waals surface area contributed by atoms with E-state index in [4.69, 9.17) is 11.1 Å². The van der Waals surface area contributed by atoms with E-state index in [0.717, 1.165) is 21.9 Å². The molecule has 4 aromatic rings. The van der Waals surface area contributed by atoms with Crippen molar-refractivity contribution in [2.24, 2.45) is 5.73 Å². The lowest BCUT2D eigenvalue weighted by molar-refractivity contribution is -0.135. The van der Waals surface area contributed by atoms with Crippen molar-refractivity contribution in [3.05, 3.63) is 120 Å². The van der Waals surface area contributed by atoms with Crippen molar-refractivity contribution in [3.63, 3.8) is 0 Å². The Labute approximate surface area is 259 Å². The van der Waals surface area contributed by atoms with Crippen LogP contribution in [-0.4, -0.2) is 60.4 Å². The average molecular weight is 591 g/mol. The molecule has 0 bridgehead atoms. The van der Waals surface area contributed by atoms with E-state index in [1.165, 1.54) is 0 Å². The highest BCUT2D eigenvalue weighted by molar-refractivity contribution is 5.98. The summed E-state index contributed by atoms with van der Waals surface area (Å²) in [4.78, 5) is 29.4. The molecule has 1 aliphatic rings. The molecule has 1 heterocycles. The number of carbonyl (C=O) groups excluding carboxylic acids is 2. The standard InChI is InChI=1S/C36H42N6O2/c1-25(33(27-12-4-2-5-13-27)28-14-6-3-7-15-28)42-22-20-31(41-32(35(42)44)17-10-21-39-36(37)38)24-40-34(43)30-19-18-26-11-8-9-16-29(26)23-30/h2-9,11-16,18-19,23,25,31-33,41H,10,17,20-22,24H2,1H3,(H,40,43)(H4,37,38,39)/t25-,31+,32+/m1/s1. The molecule has 5 rings (SSSR count). The fourth-order valence-electron chi connectivity index (χ4n) is 6.24. The van der Waals surface area contributed by atoms with Crippen LogP contribution in [0.4, 0.5) is 0 Å². The summed E-state index contributed by atoms with van der Waals surface area (Å²) >= 11 is 0. The summed E-state index contributed by atoms with van der Waals surface area (Å²) in [7, 11) is 0. The van der Waals surface area contributed by atoms with Gasteiger partial charge in [-0.2, -0.15) is 0 Å². The van der Waals surface area contributed by atoms with E-state index in [1.807, 2.05) is 83.8 Å². The molecule has 1 aliphatic heterocycles. The Bertz CT molecular complexity index is 1520. The number of fused-ring (bicyclic) bond motifs is 1. The lowest BCUT2D eigenvalue weighted by Crippen LogP contribution is -2.51. The van der Waals surface area contributed by atoms with Crippen LogP contribution < -0.4 is 21.7 Å². The fraction of sp³-hybridized carbons (Fsp3) is 0.306. The lowest BCUT2D eigenvalue weighted by atomic mass is 9.84. The molecule has 4 aromatic carbocycles. The first-order chi connectivity index (χ1) is 21.4. The molecule has 6 N–H and O–H groups in total. The molecule has 44 heavy (non-hydrogen) atoms. The second-order valence-corrected chi connectivity index (χ2v) is 11.5. The van der Waals surface area contributed by atoms with Crippen molar-refractivity contribution >= 4 is 28.5 Å². The first-order valence-corrected chi connectivity index (χ1v) is 15.4. The number of nitrogens with zero attached hydrogens (tertiary/aromatic N) is 1. The Kier molecular flexibility index (Phi) is 10.2. The molecule has 0 aliphatic carbocycles. The summed E-state index contributed by atoms with van der Waals surface area (Å²) in [6.45, 7) is 3.63. The van der Waals surface area contributed by atoms with Gasteiger partial charge in [0.2, 0.25) is 5.91 Å². The normalized spacial score (nSPS) is 17.7. The van der Waals surface area contributed by atoms with Gasteiger partial charge in [0.15, 0.2) is 5.96 Å². The fourth-order valence-corrected chi connectivity index (χ4v) is 6.24. The van der Waals surface area contributed by atoms with Crippen molar-refractivity contribution in [2.45, 2.75) is 50.2 Å². The zero-order valence-electron chi connectivity index (χ0n) is 25.2. The van der Waals surface area contributed by atoms with E-state index in [1.54, 1.807) is 0 Å². The maximum absolute atomic E-state index is 14.2. The Hall–Kier alpha value is -4.69. The molecule has 1 saturated heterocycles. The van der Waals surface area contributed by atoms with Gasteiger partial charge in [0, 0.05) is 43.2 Å². The molecule has 8 heteroatoms. The van der Waals surface area contributed by atoms with E-state index in [0.29, 0.717) is 44.5 Å². The van der Waals surface area contributed by atoms with E-state index in [-0.39, 0.29) is 35.8 Å². The molecule has 0 aromatic heterocycles. The number of rotatable bonds is 11. The number of nitrogens with two attached hydrogens (primary N) is 1. The van der Waals surface area contributed by atoms with Gasteiger partial charge in [-0.15, -0.1) is 0 Å². The molecule has 0 unspecified atom stereocenters. The third kappa shape index (κ3) is 7.63. The van der Waals surface area contributed by atoms with E-state index < -0.39 is 6.04 Å². The maximum Gasteiger partial charge on any atom is 0.251 e. The van der Waals surface area contributed by atoms with E-state index >= 15 is 0 Å². The van der Waals surface area contributed by atoms with Gasteiger partial charge >= 0.3 is 0 Å². The number of hydrogen-bond donors (Lipinski definition) is 5. The topological polar surface area (TPSA) is 123 Å². The highest BCUT2D eigenvalue weighted by Gasteiger charge is 2.36. The second-order valence-electron chi connectivity index (χ2n) is 11.5. The van der Waals surface area contributed by atoms with Crippen molar-refractivity contribution in [2.75, 3.05) is 19.6 Å². The summed E-state index contributed by atoms with van der Waals surface area (Å²) in [5, 5.41) is 19.1. The largest absolute Gasteiger partial charge is 0.370 e. The van der Waals surface area contributed by atoms with Crippen LogP contribution in [0, 0.1) is 5.41 Å². The van der Waals surface area contributed by atoms with Crippen LogP contribution in [0.1, 0.15) is 53.6 Å². The summed E-state index contributed by atoms with van der Waals surface area (Å²) in [6.07, 6.45) is 1.95. The summed E-state index contributed by atoms with van der Waals surface area (Å²) in [5.41, 5.74) is 8.42. The van der Waals surface area contributed by atoms with Crippen LogP contribution in [0.3, 0.4) is 0 Å². The molecule has 0 radical (unpaired) electrons. The van der Waals surface area contributed by atoms with Crippen molar-refractivity contribution < 1.29 is 9.59 Å². The van der Waals surface area contributed by atoms with Crippen LogP contribution >= 0.6 is 0 Å². The Morgan fingerprint density at radius 1 is 0.932 bits per heavy atom. The monoisotopic (exact) mass is 590 g/mol. The van der Waals surface area contributed by atoms with Crippen molar-refractivity contribution in [1.82, 2.24) is 20.9 Å². The Balaban J connectivity index is 1.34. The van der Waals surface area contributed by atoms with Crippen LogP contribution in [0.2, 0.25) is 0 Å². The Morgan fingerprint density at radius 2 is 1.57 bits per heavy atom. The second kappa shape index (κ2) is 14.7. The van der Waals surface area contributed by atoms with Gasteiger partial charge in [0.25, 0.3) is 5.91 Å². The number of nitrogens with one attached hydrogen (secondary N) is 4. The SMILES string of the molecule is C[C@H](C(c1ccccc1)c1ccccc1)N1CC[C@@H](CNC(=O)c2ccc3ccccc3c2)N[C@@H](CCCNC(=N)N)C1=O. The predicted octanol–water partition coefficient (Wildman–Crippen LogP) is 4.61. The number of guanidine groups is 1. The van der Waals surface area contributed by atoms with Crippen molar-refractivity contribution in [1.29, 1.82) is 5.41 Å². The molecule has 8 nitrogen and oxygen atoms in total. The van der Waals surface area contributed by atoms with Gasteiger partial charge in [-0.25, -0.2) is 0 Å². The van der Waals surface area contributed by atoms with Crippen LogP contribution in [0.25, 0.3) is 10.8 Å². The minimum absolute atomic E-state index is 0.00513. The highest BCUT2D eigenvalue weighted by Crippen LogP contribution is 2.32. The number of benzene rings is 4. The third-order valence-corrected chi connectivity index (χ3v) is 8.53. The molecular formula is C36H42N6O2. The molecular weight excluding hydrogens is 548 g/mol. The zero-order chi connectivity index (χ0) is 30.9. The van der Waals surface area contributed by atoms with Gasteiger partial charge in [0.1, 0.15) is 0 Å². The van der Waals surface area contributed by atoms with Gasteiger partial charge in [-0.1, -0.05) is 91.0 Å². The molecule has 228 valence electrons. The van der Waals surface area contributed by atoms with E-state index in [9.17, 15) is 9.59 Å². The summed E-state index contributed by atoms with van der Waals surface area (Å²) < 4.78 is 0. The number of carbonyl (C=O) groups is 2. The van der Waals surface area contributed by atoms with Gasteiger partial charge in [0.05, 0.1) is 6.04 Å². The maximum atomic E-state index is 14.2. The highest BCUT2D eigenvalue weighted by atomic mass is 16.2. The first-order valence-electron chi connectivity index (χ1n) is 15.4.